The standard InChI is InChI=1S/C22H23BrN2O4/c1-13-6-4-5-7-18(13)25-11-16(10-20(25)27)22(28)29-12-19(26)24-17-8-14(2)21(23)15(3)9-17/h4-9,16H,10-12H2,1-3H3,(H,24,26)/t16-/m1/s1. The van der Waals surface area contributed by atoms with Crippen LogP contribution in [0.1, 0.15) is 23.1 Å². The number of halogens is 1. The lowest BCUT2D eigenvalue weighted by atomic mass is 10.1. The highest BCUT2D eigenvalue weighted by Gasteiger charge is 2.36. The molecule has 1 N–H and O–H groups in total. The number of nitrogens with one attached hydrogen (secondary N) is 1. The quantitative estimate of drug-likeness (QED) is 0.689. The van der Waals surface area contributed by atoms with Crippen LogP contribution in [-0.4, -0.2) is 30.9 Å². The molecule has 1 saturated heterocycles. The van der Waals surface area contributed by atoms with Crippen molar-refractivity contribution < 1.29 is 19.1 Å². The number of hydrogen-bond acceptors (Lipinski definition) is 4. The highest BCUT2D eigenvalue weighted by atomic mass is 79.9. The van der Waals surface area contributed by atoms with E-state index in [0.29, 0.717) is 5.69 Å². The molecule has 1 aliphatic rings. The third kappa shape index (κ3) is 4.85. The summed E-state index contributed by atoms with van der Waals surface area (Å²) in [6.07, 6.45) is 0.0832. The van der Waals surface area contributed by atoms with E-state index < -0.39 is 17.8 Å². The molecule has 1 atom stereocenters. The second-order valence-electron chi connectivity index (χ2n) is 7.27. The maximum Gasteiger partial charge on any atom is 0.311 e. The summed E-state index contributed by atoms with van der Waals surface area (Å²) in [5.74, 6) is -1.65. The fourth-order valence-corrected chi connectivity index (χ4v) is 3.66. The molecule has 3 rings (SSSR count). The molecule has 2 aromatic carbocycles. The summed E-state index contributed by atoms with van der Waals surface area (Å²) < 4.78 is 6.16. The molecule has 0 spiro atoms. The lowest BCUT2D eigenvalue weighted by molar-refractivity contribution is -0.151. The number of carbonyl (C=O) groups is 3. The van der Waals surface area contributed by atoms with Gasteiger partial charge in [0.25, 0.3) is 5.91 Å². The number of rotatable bonds is 5. The number of hydrogen-bond donors (Lipinski definition) is 1. The van der Waals surface area contributed by atoms with Gasteiger partial charge in [-0.2, -0.15) is 0 Å². The second kappa shape index (κ2) is 8.78. The molecule has 6 nitrogen and oxygen atoms in total. The predicted octanol–water partition coefficient (Wildman–Crippen LogP) is 3.91. The van der Waals surface area contributed by atoms with Crippen molar-refractivity contribution in [3.63, 3.8) is 0 Å². The minimum atomic E-state index is -0.577. The molecule has 2 aromatic rings. The first kappa shape index (κ1) is 21.0. The summed E-state index contributed by atoms with van der Waals surface area (Å²) in [6.45, 7) is 5.66. The number of aryl methyl sites for hydroxylation is 3. The molecule has 29 heavy (non-hydrogen) atoms. The Morgan fingerprint density at radius 1 is 1.14 bits per heavy atom. The van der Waals surface area contributed by atoms with Gasteiger partial charge < -0.3 is 15.0 Å². The van der Waals surface area contributed by atoms with Crippen molar-refractivity contribution in [1.82, 2.24) is 0 Å². The van der Waals surface area contributed by atoms with E-state index >= 15 is 0 Å². The summed E-state index contributed by atoms with van der Waals surface area (Å²) >= 11 is 3.48. The third-order valence-electron chi connectivity index (χ3n) is 4.93. The number of ether oxygens (including phenoxy) is 1. The van der Waals surface area contributed by atoms with Gasteiger partial charge in [0.05, 0.1) is 5.92 Å². The van der Waals surface area contributed by atoms with E-state index in [4.69, 9.17) is 4.74 Å². The minimum Gasteiger partial charge on any atom is -0.455 e. The Morgan fingerprint density at radius 2 is 1.79 bits per heavy atom. The Balaban J connectivity index is 1.55. The van der Waals surface area contributed by atoms with E-state index in [-0.39, 0.29) is 25.5 Å². The van der Waals surface area contributed by atoms with Crippen molar-refractivity contribution in [2.45, 2.75) is 27.2 Å². The largest absolute Gasteiger partial charge is 0.455 e. The minimum absolute atomic E-state index is 0.0832. The molecule has 152 valence electrons. The molecule has 2 amide bonds. The van der Waals surface area contributed by atoms with Crippen LogP contribution in [0.2, 0.25) is 0 Å². The lowest BCUT2D eigenvalue weighted by Gasteiger charge is -2.18. The van der Waals surface area contributed by atoms with Crippen LogP contribution >= 0.6 is 15.9 Å². The van der Waals surface area contributed by atoms with Gasteiger partial charge in [0, 0.05) is 28.8 Å². The average molecular weight is 459 g/mol. The number of carbonyl (C=O) groups excluding carboxylic acids is 3. The van der Waals surface area contributed by atoms with E-state index in [9.17, 15) is 14.4 Å². The zero-order chi connectivity index (χ0) is 21.1. The molecule has 0 saturated carbocycles. The summed E-state index contributed by atoms with van der Waals surface area (Å²) in [6, 6.07) is 11.2. The molecule has 0 unspecified atom stereocenters. The van der Waals surface area contributed by atoms with Crippen molar-refractivity contribution >= 4 is 45.1 Å². The van der Waals surface area contributed by atoms with Crippen LogP contribution in [-0.2, 0) is 19.1 Å². The topological polar surface area (TPSA) is 75.7 Å². The van der Waals surface area contributed by atoms with Gasteiger partial charge in [-0.05, 0) is 55.7 Å². The molecular weight excluding hydrogens is 436 g/mol. The number of anilines is 2. The Kier molecular flexibility index (Phi) is 6.37. The summed E-state index contributed by atoms with van der Waals surface area (Å²) in [5.41, 5.74) is 4.41. The van der Waals surface area contributed by atoms with E-state index in [1.54, 1.807) is 4.90 Å². The lowest BCUT2D eigenvalue weighted by Crippen LogP contribution is -2.28. The first-order valence-electron chi connectivity index (χ1n) is 9.35. The van der Waals surface area contributed by atoms with Crippen LogP contribution < -0.4 is 10.2 Å². The van der Waals surface area contributed by atoms with Crippen LogP contribution in [0, 0.1) is 26.7 Å². The normalized spacial score (nSPS) is 16.1. The Labute approximate surface area is 178 Å². The Hall–Kier alpha value is -2.67. The van der Waals surface area contributed by atoms with Crippen LogP contribution in [0.25, 0.3) is 0 Å². The highest BCUT2D eigenvalue weighted by molar-refractivity contribution is 9.10. The fraction of sp³-hybridized carbons (Fsp3) is 0.318. The molecule has 0 aliphatic carbocycles. The molecular formula is C22H23BrN2O4. The van der Waals surface area contributed by atoms with Gasteiger partial charge in [0.15, 0.2) is 6.61 Å². The highest BCUT2D eigenvalue weighted by Crippen LogP contribution is 2.28. The maximum absolute atomic E-state index is 12.4. The molecule has 0 aromatic heterocycles. The molecule has 0 radical (unpaired) electrons. The van der Waals surface area contributed by atoms with Gasteiger partial charge in [0.2, 0.25) is 5.91 Å². The van der Waals surface area contributed by atoms with Crippen molar-refractivity contribution in [1.29, 1.82) is 0 Å². The summed E-state index contributed by atoms with van der Waals surface area (Å²) in [4.78, 5) is 38.5. The average Bonchev–Trinajstić information content (AvgIpc) is 3.06. The van der Waals surface area contributed by atoms with E-state index in [0.717, 1.165) is 26.9 Å². The number of para-hydroxylation sites is 1. The van der Waals surface area contributed by atoms with E-state index in [1.165, 1.54) is 0 Å². The molecule has 1 aliphatic heterocycles. The number of esters is 1. The first-order valence-corrected chi connectivity index (χ1v) is 10.1. The molecule has 0 bridgehead atoms. The van der Waals surface area contributed by atoms with Crippen molar-refractivity contribution in [2.24, 2.45) is 5.92 Å². The third-order valence-corrected chi connectivity index (χ3v) is 6.18. The van der Waals surface area contributed by atoms with E-state index in [2.05, 4.69) is 21.2 Å². The Bertz CT molecular complexity index is 950. The first-order chi connectivity index (χ1) is 13.8. The Morgan fingerprint density at radius 3 is 2.45 bits per heavy atom. The molecule has 1 heterocycles. The van der Waals surface area contributed by atoms with Crippen LogP contribution in [0.15, 0.2) is 40.9 Å². The predicted molar refractivity (Wildman–Crippen MR) is 115 cm³/mol. The van der Waals surface area contributed by atoms with E-state index in [1.807, 2.05) is 57.2 Å². The zero-order valence-corrected chi connectivity index (χ0v) is 18.2. The SMILES string of the molecule is Cc1ccccc1N1C[C@H](C(=O)OCC(=O)Nc2cc(C)c(Br)c(C)c2)CC1=O. The second-order valence-corrected chi connectivity index (χ2v) is 8.06. The van der Waals surface area contributed by atoms with Crippen molar-refractivity contribution in [3.05, 3.63) is 57.6 Å². The van der Waals surface area contributed by atoms with Gasteiger partial charge in [-0.25, -0.2) is 0 Å². The fourth-order valence-electron chi connectivity index (χ4n) is 3.43. The number of amides is 2. The van der Waals surface area contributed by atoms with Crippen molar-refractivity contribution in [2.75, 3.05) is 23.4 Å². The maximum atomic E-state index is 12.4. The van der Waals surface area contributed by atoms with Crippen LogP contribution in [0.4, 0.5) is 11.4 Å². The molecule has 1 fully saturated rings. The van der Waals surface area contributed by atoms with Gasteiger partial charge in [0.1, 0.15) is 0 Å². The van der Waals surface area contributed by atoms with Gasteiger partial charge in [-0.3, -0.25) is 14.4 Å². The van der Waals surface area contributed by atoms with Crippen molar-refractivity contribution in [3.8, 4) is 0 Å². The zero-order valence-electron chi connectivity index (χ0n) is 16.6. The van der Waals surface area contributed by atoms with Gasteiger partial charge >= 0.3 is 5.97 Å². The van der Waals surface area contributed by atoms with Crippen LogP contribution in [0.5, 0.6) is 0 Å². The molecule has 7 heteroatoms. The van der Waals surface area contributed by atoms with Gasteiger partial charge in [-0.15, -0.1) is 0 Å². The van der Waals surface area contributed by atoms with Crippen LogP contribution in [0.3, 0.4) is 0 Å². The summed E-state index contributed by atoms with van der Waals surface area (Å²) in [5, 5.41) is 2.73. The summed E-state index contributed by atoms with van der Waals surface area (Å²) in [7, 11) is 0. The van der Waals surface area contributed by atoms with Gasteiger partial charge in [-0.1, -0.05) is 34.1 Å². The smallest absolute Gasteiger partial charge is 0.311 e. The monoisotopic (exact) mass is 458 g/mol. The number of benzene rings is 2. The number of nitrogens with zero attached hydrogens (tertiary/aromatic N) is 1.